The number of benzene rings is 1. The minimum Gasteiger partial charge on any atom is -0.372 e. The summed E-state index contributed by atoms with van der Waals surface area (Å²) in [6.45, 7) is 10.8. The van der Waals surface area contributed by atoms with Gasteiger partial charge in [-0.1, -0.05) is 24.6 Å². The molecule has 1 aromatic carbocycles. The molecule has 0 spiro atoms. The van der Waals surface area contributed by atoms with Crippen LogP contribution in [0, 0.1) is 6.92 Å². The van der Waals surface area contributed by atoms with E-state index in [2.05, 4.69) is 63.2 Å². The fraction of sp³-hybridized carbons (Fsp3) is 0.600. The van der Waals surface area contributed by atoms with Crippen molar-refractivity contribution in [3.63, 3.8) is 0 Å². The van der Waals surface area contributed by atoms with Gasteiger partial charge < -0.3 is 10.2 Å². The van der Waals surface area contributed by atoms with E-state index >= 15 is 0 Å². The molecule has 17 heavy (non-hydrogen) atoms. The lowest BCUT2D eigenvalue weighted by atomic mass is 10.1. The van der Waals surface area contributed by atoms with Crippen molar-refractivity contribution in [2.45, 2.75) is 46.7 Å². The zero-order valence-corrected chi connectivity index (χ0v) is 11.9. The van der Waals surface area contributed by atoms with Gasteiger partial charge in [0.2, 0.25) is 0 Å². The molecular weight excluding hydrogens is 208 g/mol. The summed E-state index contributed by atoms with van der Waals surface area (Å²) in [4.78, 5) is 2.34. The fourth-order valence-corrected chi connectivity index (χ4v) is 1.88. The van der Waals surface area contributed by atoms with E-state index < -0.39 is 0 Å². The summed E-state index contributed by atoms with van der Waals surface area (Å²) in [6.07, 6.45) is 1.18. The molecule has 0 unspecified atom stereocenters. The highest BCUT2D eigenvalue weighted by molar-refractivity contribution is 5.55. The summed E-state index contributed by atoms with van der Waals surface area (Å²) in [5.41, 5.74) is 4.07. The predicted octanol–water partition coefficient (Wildman–Crippen LogP) is 3.34. The normalized spacial score (nSPS) is 10.9. The maximum absolute atomic E-state index is 3.49. The first-order valence-electron chi connectivity index (χ1n) is 6.59. The Labute approximate surface area is 106 Å². The van der Waals surface area contributed by atoms with Gasteiger partial charge in [-0.05, 0) is 45.4 Å². The number of nitrogens with zero attached hydrogens (tertiary/aromatic N) is 1. The van der Waals surface area contributed by atoms with Gasteiger partial charge in [0.25, 0.3) is 0 Å². The van der Waals surface area contributed by atoms with Gasteiger partial charge in [0.15, 0.2) is 0 Å². The SMILES string of the molecule is CCCNCc1cc(C)ccc1N(C)C(C)C. The van der Waals surface area contributed by atoms with E-state index in [4.69, 9.17) is 0 Å². The van der Waals surface area contributed by atoms with Gasteiger partial charge >= 0.3 is 0 Å². The summed E-state index contributed by atoms with van der Waals surface area (Å²) < 4.78 is 0. The second kappa shape index (κ2) is 6.65. The molecule has 1 rings (SSSR count). The minimum atomic E-state index is 0.530. The van der Waals surface area contributed by atoms with Crippen molar-refractivity contribution in [3.05, 3.63) is 29.3 Å². The Morgan fingerprint density at radius 3 is 2.59 bits per heavy atom. The van der Waals surface area contributed by atoms with E-state index in [1.807, 2.05) is 0 Å². The molecule has 0 amide bonds. The van der Waals surface area contributed by atoms with Gasteiger partial charge in [0, 0.05) is 25.3 Å². The molecule has 0 saturated heterocycles. The van der Waals surface area contributed by atoms with Crippen molar-refractivity contribution < 1.29 is 0 Å². The second-order valence-corrected chi connectivity index (χ2v) is 5.01. The molecule has 1 aromatic rings. The van der Waals surface area contributed by atoms with Crippen molar-refractivity contribution in [3.8, 4) is 0 Å². The molecule has 0 fully saturated rings. The van der Waals surface area contributed by atoms with Gasteiger partial charge in [-0.3, -0.25) is 0 Å². The molecule has 0 aliphatic heterocycles. The van der Waals surface area contributed by atoms with Crippen LogP contribution in [0.2, 0.25) is 0 Å². The number of nitrogens with one attached hydrogen (secondary N) is 1. The summed E-state index contributed by atoms with van der Waals surface area (Å²) >= 11 is 0. The molecule has 2 heteroatoms. The van der Waals surface area contributed by atoms with E-state index in [9.17, 15) is 0 Å². The van der Waals surface area contributed by atoms with Crippen LogP contribution in [0.5, 0.6) is 0 Å². The molecule has 2 nitrogen and oxygen atoms in total. The average Bonchev–Trinajstić information content (AvgIpc) is 2.28. The lowest BCUT2D eigenvalue weighted by Crippen LogP contribution is -2.27. The van der Waals surface area contributed by atoms with Gasteiger partial charge in [-0.2, -0.15) is 0 Å². The smallest absolute Gasteiger partial charge is 0.0411 e. The number of hydrogen-bond acceptors (Lipinski definition) is 2. The first-order valence-corrected chi connectivity index (χ1v) is 6.59. The Bertz CT molecular complexity index is 345. The monoisotopic (exact) mass is 234 g/mol. The van der Waals surface area contributed by atoms with Crippen LogP contribution in [0.4, 0.5) is 5.69 Å². The highest BCUT2D eigenvalue weighted by Crippen LogP contribution is 2.22. The van der Waals surface area contributed by atoms with E-state index in [1.165, 1.54) is 23.2 Å². The molecule has 0 aliphatic carbocycles. The van der Waals surface area contributed by atoms with Crippen molar-refractivity contribution in [2.24, 2.45) is 0 Å². The Hall–Kier alpha value is -1.02. The topological polar surface area (TPSA) is 15.3 Å². The summed E-state index contributed by atoms with van der Waals surface area (Å²) in [5.74, 6) is 0. The van der Waals surface area contributed by atoms with Gasteiger partial charge in [0.05, 0.1) is 0 Å². The number of rotatable bonds is 6. The van der Waals surface area contributed by atoms with Crippen LogP contribution in [-0.4, -0.2) is 19.6 Å². The summed E-state index contributed by atoms with van der Waals surface area (Å²) in [6, 6.07) is 7.25. The van der Waals surface area contributed by atoms with E-state index in [0.717, 1.165) is 13.1 Å². The summed E-state index contributed by atoms with van der Waals surface area (Å²) in [7, 11) is 2.17. The first-order chi connectivity index (χ1) is 8.06. The van der Waals surface area contributed by atoms with E-state index in [1.54, 1.807) is 0 Å². The average molecular weight is 234 g/mol. The van der Waals surface area contributed by atoms with Crippen molar-refractivity contribution in [2.75, 3.05) is 18.5 Å². The van der Waals surface area contributed by atoms with Crippen molar-refractivity contribution in [1.82, 2.24) is 5.32 Å². The van der Waals surface area contributed by atoms with E-state index in [0.29, 0.717) is 6.04 Å². The molecule has 0 bridgehead atoms. The van der Waals surface area contributed by atoms with Crippen molar-refractivity contribution >= 4 is 5.69 Å². The van der Waals surface area contributed by atoms with Crippen molar-refractivity contribution in [1.29, 1.82) is 0 Å². The quantitative estimate of drug-likeness (QED) is 0.759. The van der Waals surface area contributed by atoms with Crippen LogP contribution in [0.25, 0.3) is 0 Å². The lowest BCUT2D eigenvalue weighted by molar-refractivity contribution is 0.669. The van der Waals surface area contributed by atoms with Gasteiger partial charge in [-0.15, -0.1) is 0 Å². The molecular formula is C15H26N2. The highest BCUT2D eigenvalue weighted by atomic mass is 15.1. The Balaban J connectivity index is 2.87. The minimum absolute atomic E-state index is 0.530. The molecule has 0 atom stereocenters. The third-order valence-electron chi connectivity index (χ3n) is 3.13. The molecule has 0 aliphatic rings. The Morgan fingerprint density at radius 1 is 1.29 bits per heavy atom. The zero-order valence-electron chi connectivity index (χ0n) is 11.9. The van der Waals surface area contributed by atoms with Crippen LogP contribution in [-0.2, 0) is 6.54 Å². The van der Waals surface area contributed by atoms with Crippen LogP contribution in [0.3, 0.4) is 0 Å². The largest absolute Gasteiger partial charge is 0.372 e. The third kappa shape index (κ3) is 4.04. The van der Waals surface area contributed by atoms with Gasteiger partial charge in [-0.25, -0.2) is 0 Å². The Morgan fingerprint density at radius 2 is 2.00 bits per heavy atom. The molecule has 0 heterocycles. The number of hydrogen-bond donors (Lipinski definition) is 1. The number of anilines is 1. The molecule has 0 radical (unpaired) electrons. The highest BCUT2D eigenvalue weighted by Gasteiger charge is 2.09. The first kappa shape index (κ1) is 14.0. The van der Waals surface area contributed by atoms with Crippen LogP contribution in [0.15, 0.2) is 18.2 Å². The standard InChI is InChI=1S/C15H26N2/c1-6-9-16-11-14-10-13(4)7-8-15(14)17(5)12(2)3/h7-8,10,12,16H,6,9,11H2,1-5H3. The lowest BCUT2D eigenvalue weighted by Gasteiger charge is -2.27. The maximum atomic E-state index is 3.49. The molecule has 0 aromatic heterocycles. The maximum Gasteiger partial charge on any atom is 0.0411 e. The van der Waals surface area contributed by atoms with Crippen LogP contribution < -0.4 is 10.2 Å². The van der Waals surface area contributed by atoms with Crippen LogP contribution >= 0.6 is 0 Å². The second-order valence-electron chi connectivity index (χ2n) is 5.01. The van der Waals surface area contributed by atoms with Gasteiger partial charge in [0.1, 0.15) is 0 Å². The number of aryl methyl sites for hydroxylation is 1. The fourth-order valence-electron chi connectivity index (χ4n) is 1.88. The molecule has 96 valence electrons. The molecule has 1 N–H and O–H groups in total. The van der Waals surface area contributed by atoms with Crippen LogP contribution in [0.1, 0.15) is 38.3 Å². The Kier molecular flexibility index (Phi) is 5.49. The predicted molar refractivity (Wildman–Crippen MR) is 76.7 cm³/mol. The zero-order chi connectivity index (χ0) is 12.8. The summed E-state index contributed by atoms with van der Waals surface area (Å²) in [5, 5.41) is 3.49. The molecule has 0 saturated carbocycles. The third-order valence-corrected chi connectivity index (χ3v) is 3.13. The van der Waals surface area contributed by atoms with E-state index in [-0.39, 0.29) is 0 Å².